The third-order valence-corrected chi connectivity index (χ3v) is 9.41. The maximum Gasteiger partial charge on any atom is 0.260 e. The second-order valence-corrected chi connectivity index (χ2v) is 16.3. The number of hydrogen-bond donors (Lipinski definition) is 2. The van der Waals surface area contributed by atoms with Crippen LogP contribution >= 0.6 is 0 Å². The van der Waals surface area contributed by atoms with E-state index in [4.69, 9.17) is 10.8 Å². The number of hydrogen-bond acceptors (Lipinski definition) is 5. The van der Waals surface area contributed by atoms with Crippen LogP contribution in [0.1, 0.15) is 0 Å². The van der Waals surface area contributed by atoms with Crippen molar-refractivity contribution in [2.45, 2.75) is 30.6 Å². The van der Waals surface area contributed by atoms with Gasteiger partial charge in [-0.2, -0.15) is 0 Å². The quantitative estimate of drug-likeness (QED) is 0.566. The highest BCUT2D eigenvalue weighted by molar-refractivity contribution is 8.03. The first-order chi connectivity index (χ1) is 9.97. The van der Waals surface area contributed by atoms with Crippen LogP contribution in [-0.4, -0.2) is 43.9 Å². The number of nitrogen functional groups attached to an aromatic ring is 1. The molecule has 0 saturated carbocycles. The summed E-state index contributed by atoms with van der Waals surface area (Å²) in [6.07, 6.45) is 0. The van der Waals surface area contributed by atoms with Crippen molar-refractivity contribution in [1.82, 2.24) is 0 Å². The van der Waals surface area contributed by atoms with E-state index in [-0.39, 0.29) is 16.4 Å². The van der Waals surface area contributed by atoms with Crippen LogP contribution in [0.15, 0.2) is 32.9 Å². The van der Waals surface area contributed by atoms with E-state index in [1.165, 1.54) is 24.3 Å². The maximum absolute atomic E-state index is 12.9. The molecule has 0 fully saturated rings. The van der Waals surface area contributed by atoms with Crippen LogP contribution in [0.2, 0.25) is 25.7 Å². The molecule has 3 N–H and O–H groups in total. The van der Waals surface area contributed by atoms with Gasteiger partial charge in [0.15, 0.2) is 0 Å². The van der Waals surface area contributed by atoms with Gasteiger partial charge in [0.25, 0.3) is 10.0 Å². The highest BCUT2D eigenvalue weighted by atomic mass is 32.3. The Hall–Kier alpha value is -0.903. The molecule has 1 unspecified atom stereocenters. The second-order valence-electron chi connectivity index (χ2n) is 6.31. The number of anilines is 1. The topological polar surface area (TPSA) is 110 Å². The standard InChI is InChI=1S/C13H24N2O4S2Si/c1-22(2,3)11-10-21(18,19)15-20(17,9-8-16)13-6-4-12(14)5-7-13/h4-7,16H,8-11,14H2,1-3H3. The largest absolute Gasteiger partial charge is 0.399 e. The van der Waals surface area contributed by atoms with Gasteiger partial charge in [0.1, 0.15) is 0 Å². The molecule has 0 radical (unpaired) electrons. The molecule has 0 aliphatic heterocycles. The van der Waals surface area contributed by atoms with E-state index in [9.17, 15) is 12.6 Å². The SMILES string of the molecule is C[Si](C)(C)CCS(=O)(=O)N=S(=O)(CCO)c1ccc(N)cc1. The average molecular weight is 365 g/mol. The maximum atomic E-state index is 12.9. The Morgan fingerprint density at radius 1 is 1.09 bits per heavy atom. The molecule has 0 saturated heterocycles. The zero-order chi connectivity index (χ0) is 17.0. The van der Waals surface area contributed by atoms with Gasteiger partial charge < -0.3 is 10.8 Å². The van der Waals surface area contributed by atoms with Gasteiger partial charge in [-0.05, 0) is 30.3 Å². The fourth-order valence-corrected chi connectivity index (χ4v) is 8.59. The molecule has 0 aromatic heterocycles. The van der Waals surface area contributed by atoms with Gasteiger partial charge in [-0.3, -0.25) is 0 Å². The lowest BCUT2D eigenvalue weighted by Gasteiger charge is -2.15. The van der Waals surface area contributed by atoms with E-state index in [0.717, 1.165) is 0 Å². The molecule has 126 valence electrons. The van der Waals surface area contributed by atoms with Gasteiger partial charge in [0.2, 0.25) is 0 Å². The van der Waals surface area contributed by atoms with Gasteiger partial charge in [-0.25, -0.2) is 12.6 Å². The van der Waals surface area contributed by atoms with Crippen molar-refractivity contribution in [2.75, 3.05) is 23.8 Å². The number of sulfonamides is 1. The molecule has 0 heterocycles. The second kappa shape index (κ2) is 7.11. The molecule has 0 aliphatic carbocycles. The highest BCUT2D eigenvalue weighted by Gasteiger charge is 2.22. The molecular formula is C13H24N2O4S2Si. The van der Waals surface area contributed by atoms with Crippen LogP contribution in [0.25, 0.3) is 0 Å². The molecule has 0 bridgehead atoms. The minimum Gasteiger partial charge on any atom is -0.399 e. The molecule has 22 heavy (non-hydrogen) atoms. The van der Waals surface area contributed by atoms with Gasteiger partial charge >= 0.3 is 0 Å². The van der Waals surface area contributed by atoms with Crippen molar-refractivity contribution >= 4 is 33.5 Å². The van der Waals surface area contributed by atoms with Crippen molar-refractivity contribution in [1.29, 1.82) is 0 Å². The van der Waals surface area contributed by atoms with E-state index in [1.54, 1.807) is 0 Å². The number of aliphatic hydroxyl groups excluding tert-OH is 1. The Balaban J connectivity index is 3.23. The molecule has 0 aliphatic rings. The molecule has 1 rings (SSSR count). The summed E-state index contributed by atoms with van der Waals surface area (Å²) in [5, 5.41) is 9.12. The van der Waals surface area contributed by atoms with E-state index in [2.05, 4.69) is 23.4 Å². The normalized spacial score (nSPS) is 15.3. The predicted molar refractivity (Wildman–Crippen MR) is 93.6 cm³/mol. The smallest absolute Gasteiger partial charge is 0.260 e. The fourth-order valence-electron chi connectivity index (χ4n) is 1.66. The molecular weight excluding hydrogens is 340 g/mol. The van der Waals surface area contributed by atoms with Crippen LogP contribution in [0.3, 0.4) is 0 Å². The first-order valence-electron chi connectivity index (χ1n) is 6.93. The molecule has 0 spiro atoms. The summed E-state index contributed by atoms with van der Waals surface area (Å²) in [7, 11) is -8.57. The summed E-state index contributed by atoms with van der Waals surface area (Å²) in [4.78, 5) is 0.271. The van der Waals surface area contributed by atoms with Crippen molar-refractivity contribution in [3.05, 3.63) is 24.3 Å². The van der Waals surface area contributed by atoms with Crippen molar-refractivity contribution in [2.24, 2.45) is 3.77 Å². The molecule has 1 aromatic carbocycles. The van der Waals surface area contributed by atoms with Crippen LogP contribution in [0.5, 0.6) is 0 Å². The molecule has 0 amide bonds. The van der Waals surface area contributed by atoms with Crippen molar-refractivity contribution in [3.8, 4) is 0 Å². The zero-order valence-electron chi connectivity index (χ0n) is 13.2. The summed E-state index contributed by atoms with van der Waals surface area (Å²) >= 11 is 0. The van der Waals surface area contributed by atoms with E-state index in [1.807, 2.05) is 0 Å². The lowest BCUT2D eigenvalue weighted by molar-refractivity contribution is 0.321. The lowest BCUT2D eigenvalue weighted by atomic mass is 10.3. The summed E-state index contributed by atoms with van der Waals surface area (Å²) in [5.41, 5.74) is 6.06. The molecule has 1 aromatic rings. The van der Waals surface area contributed by atoms with Gasteiger partial charge in [0.05, 0.1) is 27.8 Å². The predicted octanol–water partition coefficient (Wildman–Crippen LogP) is 1.76. The van der Waals surface area contributed by atoms with Crippen LogP contribution in [0, 0.1) is 0 Å². The van der Waals surface area contributed by atoms with Crippen molar-refractivity contribution in [3.63, 3.8) is 0 Å². The Morgan fingerprint density at radius 2 is 1.64 bits per heavy atom. The first kappa shape index (κ1) is 19.1. The van der Waals surface area contributed by atoms with Crippen LogP contribution in [0.4, 0.5) is 5.69 Å². The minimum atomic E-state index is -3.81. The molecule has 1 atom stereocenters. The summed E-state index contributed by atoms with van der Waals surface area (Å²) in [5.74, 6) is -0.330. The fraction of sp³-hybridized carbons (Fsp3) is 0.538. The number of nitrogens with zero attached hydrogens (tertiary/aromatic N) is 1. The third kappa shape index (κ3) is 6.07. The minimum absolute atomic E-state index is 0.111. The number of nitrogens with two attached hydrogens (primary N) is 1. The van der Waals surface area contributed by atoms with Gasteiger partial charge in [-0.1, -0.05) is 19.6 Å². The van der Waals surface area contributed by atoms with Crippen LogP contribution in [-0.2, 0) is 19.8 Å². The third-order valence-electron chi connectivity index (χ3n) is 2.96. The van der Waals surface area contributed by atoms with Crippen LogP contribution < -0.4 is 5.73 Å². The number of aliphatic hydroxyl groups is 1. The summed E-state index contributed by atoms with van der Waals surface area (Å²) < 4.78 is 40.9. The Bertz CT molecular complexity index is 715. The Morgan fingerprint density at radius 3 is 2.09 bits per heavy atom. The number of rotatable bonds is 7. The van der Waals surface area contributed by atoms with Gasteiger partial charge in [-0.15, -0.1) is 3.77 Å². The van der Waals surface area contributed by atoms with E-state index in [0.29, 0.717) is 11.7 Å². The Labute approximate surface area is 134 Å². The summed E-state index contributed by atoms with van der Waals surface area (Å²) in [6, 6.07) is 6.61. The first-order valence-corrected chi connectivity index (χ1v) is 13.9. The Kier molecular flexibility index (Phi) is 6.19. The molecule has 9 heteroatoms. The highest BCUT2D eigenvalue weighted by Crippen LogP contribution is 2.19. The van der Waals surface area contributed by atoms with E-state index >= 15 is 0 Å². The van der Waals surface area contributed by atoms with E-state index < -0.39 is 34.4 Å². The summed E-state index contributed by atoms with van der Waals surface area (Å²) in [6.45, 7) is 5.78. The molecule has 6 nitrogen and oxygen atoms in total. The zero-order valence-corrected chi connectivity index (χ0v) is 15.8. The lowest BCUT2D eigenvalue weighted by Crippen LogP contribution is -2.24. The number of benzene rings is 1. The monoisotopic (exact) mass is 364 g/mol. The van der Waals surface area contributed by atoms with Crippen molar-refractivity contribution < 1.29 is 17.7 Å². The average Bonchev–Trinajstić information content (AvgIpc) is 2.36. The van der Waals surface area contributed by atoms with Gasteiger partial charge in [0, 0.05) is 18.7 Å².